The molecule has 0 fully saturated rings. The number of aliphatic hydroxyl groups excluding tert-OH is 1. The largest absolute Gasteiger partial charge is 0.395 e. The third kappa shape index (κ3) is 4.26. The summed E-state index contributed by atoms with van der Waals surface area (Å²) in [5.41, 5.74) is 6.77. The number of aliphatic hydroxyl groups is 1. The van der Waals surface area contributed by atoms with Crippen LogP contribution in [-0.4, -0.2) is 36.8 Å². The van der Waals surface area contributed by atoms with E-state index in [4.69, 9.17) is 10.8 Å². The van der Waals surface area contributed by atoms with Crippen molar-refractivity contribution >= 4 is 0 Å². The van der Waals surface area contributed by atoms with Crippen molar-refractivity contribution < 1.29 is 9.50 Å². The van der Waals surface area contributed by atoms with Gasteiger partial charge in [-0.3, -0.25) is 0 Å². The van der Waals surface area contributed by atoms with E-state index >= 15 is 0 Å². The van der Waals surface area contributed by atoms with Crippen LogP contribution in [0.1, 0.15) is 18.0 Å². The summed E-state index contributed by atoms with van der Waals surface area (Å²) in [5, 5.41) is 8.73. The van der Waals surface area contributed by atoms with Crippen molar-refractivity contribution in [2.45, 2.75) is 12.5 Å². The molecule has 16 heavy (non-hydrogen) atoms. The Balaban J connectivity index is 2.43. The molecule has 4 heteroatoms. The average molecular weight is 226 g/mol. The zero-order valence-corrected chi connectivity index (χ0v) is 9.56. The minimum absolute atomic E-state index is 0.145. The highest BCUT2D eigenvalue weighted by Crippen LogP contribution is 2.15. The minimum atomic E-state index is -0.253. The number of hydrogen-bond donors (Lipinski definition) is 2. The number of nitrogens with zero attached hydrogens (tertiary/aromatic N) is 1. The quantitative estimate of drug-likeness (QED) is 0.764. The van der Waals surface area contributed by atoms with Crippen molar-refractivity contribution in [3.63, 3.8) is 0 Å². The number of halogens is 1. The SMILES string of the molecule is CN(CCO)CCC(N)c1cccc(F)c1. The fourth-order valence-corrected chi connectivity index (χ4v) is 1.55. The first kappa shape index (κ1) is 13.1. The molecule has 0 aromatic heterocycles. The van der Waals surface area contributed by atoms with Crippen LogP contribution in [0, 0.1) is 5.82 Å². The average Bonchev–Trinajstić information content (AvgIpc) is 2.26. The van der Waals surface area contributed by atoms with E-state index in [1.807, 2.05) is 18.0 Å². The Morgan fingerprint density at radius 2 is 2.19 bits per heavy atom. The molecule has 1 aromatic rings. The van der Waals surface area contributed by atoms with Gasteiger partial charge in [-0.05, 0) is 37.7 Å². The molecule has 1 atom stereocenters. The third-order valence-corrected chi connectivity index (χ3v) is 2.58. The fraction of sp³-hybridized carbons (Fsp3) is 0.500. The highest BCUT2D eigenvalue weighted by Gasteiger charge is 2.07. The van der Waals surface area contributed by atoms with Crippen LogP contribution in [0.3, 0.4) is 0 Å². The van der Waals surface area contributed by atoms with E-state index in [1.54, 1.807) is 6.07 Å². The van der Waals surface area contributed by atoms with Crippen molar-refractivity contribution in [3.05, 3.63) is 35.6 Å². The molecule has 1 aromatic carbocycles. The Kier molecular flexibility index (Phi) is 5.38. The van der Waals surface area contributed by atoms with Crippen LogP contribution >= 0.6 is 0 Å². The second-order valence-electron chi connectivity index (χ2n) is 3.98. The lowest BCUT2D eigenvalue weighted by atomic mass is 10.0. The van der Waals surface area contributed by atoms with Crippen LogP contribution in [-0.2, 0) is 0 Å². The number of benzene rings is 1. The van der Waals surface area contributed by atoms with E-state index in [-0.39, 0.29) is 18.5 Å². The molecule has 0 heterocycles. The van der Waals surface area contributed by atoms with Crippen LogP contribution in [0.25, 0.3) is 0 Å². The van der Waals surface area contributed by atoms with E-state index in [0.29, 0.717) is 6.54 Å². The second-order valence-corrected chi connectivity index (χ2v) is 3.98. The van der Waals surface area contributed by atoms with E-state index in [0.717, 1.165) is 18.5 Å². The predicted molar refractivity (Wildman–Crippen MR) is 62.5 cm³/mol. The molecular formula is C12H19FN2O. The summed E-state index contributed by atoms with van der Waals surface area (Å²) < 4.78 is 12.9. The molecule has 0 radical (unpaired) electrons. The van der Waals surface area contributed by atoms with Crippen LogP contribution in [0.2, 0.25) is 0 Å². The number of hydrogen-bond acceptors (Lipinski definition) is 3. The van der Waals surface area contributed by atoms with Crippen LogP contribution in [0.5, 0.6) is 0 Å². The molecule has 0 saturated carbocycles. The molecule has 3 N–H and O–H groups in total. The Morgan fingerprint density at radius 1 is 1.44 bits per heavy atom. The number of rotatable bonds is 6. The summed E-state index contributed by atoms with van der Waals surface area (Å²) in [6, 6.07) is 6.23. The molecule has 0 aliphatic carbocycles. The fourth-order valence-electron chi connectivity index (χ4n) is 1.55. The van der Waals surface area contributed by atoms with E-state index in [2.05, 4.69) is 0 Å². The van der Waals surface area contributed by atoms with Gasteiger partial charge < -0.3 is 15.7 Å². The highest BCUT2D eigenvalue weighted by atomic mass is 19.1. The summed E-state index contributed by atoms with van der Waals surface area (Å²) in [5.74, 6) is -0.253. The maximum atomic E-state index is 12.9. The first-order valence-corrected chi connectivity index (χ1v) is 5.44. The first-order valence-electron chi connectivity index (χ1n) is 5.44. The second kappa shape index (κ2) is 6.58. The molecule has 0 aliphatic heterocycles. The zero-order valence-electron chi connectivity index (χ0n) is 9.56. The molecule has 0 amide bonds. The summed E-state index contributed by atoms with van der Waals surface area (Å²) in [4.78, 5) is 2.00. The smallest absolute Gasteiger partial charge is 0.123 e. The van der Waals surface area contributed by atoms with Gasteiger partial charge in [0.05, 0.1) is 6.61 Å². The van der Waals surface area contributed by atoms with Crippen LogP contribution in [0.4, 0.5) is 4.39 Å². The van der Waals surface area contributed by atoms with Gasteiger partial charge in [0.1, 0.15) is 5.82 Å². The van der Waals surface area contributed by atoms with Gasteiger partial charge in [0.2, 0.25) is 0 Å². The predicted octanol–water partition coefficient (Wildman–Crippen LogP) is 1.14. The van der Waals surface area contributed by atoms with Gasteiger partial charge in [-0.25, -0.2) is 4.39 Å². The van der Waals surface area contributed by atoms with Gasteiger partial charge in [-0.2, -0.15) is 0 Å². The molecule has 0 aliphatic rings. The van der Waals surface area contributed by atoms with Crippen molar-refractivity contribution in [2.75, 3.05) is 26.7 Å². The van der Waals surface area contributed by atoms with Crippen molar-refractivity contribution in [2.24, 2.45) is 5.73 Å². The van der Waals surface area contributed by atoms with Gasteiger partial charge in [-0.15, -0.1) is 0 Å². The van der Waals surface area contributed by atoms with Crippen molar-refractivity contribution in [1.29, 1.82) is 0 Å². The summed E-state index contributed by atoms with van der Waals surface area (Å²) in [6.07, 6.45) is 0.750. The van der Waals surface area contributed by atoms with Crippen LogP contribution < -0.4 is 5.73 Å². The highest BCUT2D eigenvalue weighted by molar-refractivity contribution is 5.19. The van der Waals surface area contributed by atoms with Gasteiger partial charge in [0.25, 0.3) is 0 Å². The molecule has 90 valence electrons. The Bertz CT molecular complexity index is 320. The van der Waals surface area contributed by atoms with E-state index in [1.165, 1.54) is 12.1 Å². The minimum Gasteiger partial charge on any atom is -0.395 e. The topological polar surface area (TPSA) is 49.5 Å². The maximum Gasteiger partial charge on any atom is 0.123 e. The van der Waals surface area contributed by atoms with Crippen LogP contribution in [0.15, 0.2) is 24.3 Å². The maximum absolute atomic E-state index is 12.9. The lowest BCUT2D eigenvalue weighted by molar-refractivity contribution is 0.217. The summed E-state index contributed by atoms with van der Waals surface area (Å²) in [6.45, 7) is 1.57. The first-order chi connectivity index (χ1) is 7.63. The zero-order chi connectivity index (χ0) is 12.0. The van der Waals surface area contributed by atoms with Gasteiger partial charge in [-0.1, -0.05) is 12.1 Å². The van der Waals surface area contributed by atoms with Gasteiger partial charge in [0.15, 0.2) is 0 Å². The lowest BCUT2D eigenvalue weighted by Gasteiger charge is -2.18. The number of nitrogens with two attached hydrogens (primary N) is 1. The molecule has 1 rings (SSSR count). The molecule has 0 spiro atoms. The Hall–Kier alpha value is -0.970. The van der Waals surface area contributed by atoms with E-state index < -0.39 is 0 Å². The lowest BCUT2D eigenvalue weighted by Crippen LogP contribution is -2.26. The van der Waals surface area contributed by atoms with E-state index in [9.17, 15) is 4.39 Å². The third-order valence-electron chi connectivity index (χ3n) is 2.58. The standard InChI is InChI=1S/C12H19FN2O/c1-15(7-8-16)6-5-12(14)10-3-2-4-11(13)9-10/h2-4,9,12,16H,5-8,14H2,1H3. The van der Waals surface area contributed by atoms with Gasteiger partial charge >= 0.3 is 0 Å². The Labute approximate surface area is 95.7 Å². The number of likely N-dealkylation sites (N-methyl/N-ethyl adjacent to an activating group) is 1. The molecule has 3 nitrogen and oxygen atoms in total. The Morgan fingerprint density at radius 3 is 2.81 bits per heavy atom. The molecule has 1 unspecified atom stereocenters. The molecule has 0 saturated heterocycles. The summed E-state index contributed by atoms with van der Waals surface area (Å²) >= 11 is 0. The molecule has 0 bridgehead atoms. The summed E-state index contributed by atoms with van der Waals surface area (Å²) in [7, 11) is 1.93. The van der Waals surface area contributed by atoms with Crippen molar-refractivity contribution in [1.82, 2.24) is 4.90 Å². The monoisotopic (exact) mass is 226 g/mol. The van der Waals surface area contributed by atoms with Gasteiger partial charge in [0, 0.05) is 12.6 Å². The normalized spacial score (nSPS) is 13.1. The molecular weight excluding hydrogens is 207 g/mol. The van der Waals surface area contributed by atoms with Crippen molar-refractivity contribution in [3.8, 4) is 0 Å².